The Morgan fingerprint density at radius 1 is 1.17 bits per heavy atom. The Kier molecular flexibility index (Phi) is 5.32. The number of nitrogens with two attached hydrogens (primary N) is 1. The highest BCUT2D eigenvalue weighted by Gasteiger charge is 2.35. The van der Waals surface area contributed by atoms with Crippen LogP contribution >= 0.6 is 0 Å². The first-order valence-corrected chi connectivity index (χ1v) is 12.7. The Bertz CT molecular complexity index is 1300. The lowest BCUT2D eigenvalue weighted by molar-refractivity contribution is 0.0996. The summed E-state index contributed by atoms with van der Waals surface area (Å²) in [5.41, 5.74) is 9.46. The van der Waals surface area contributed by atoms with E-state index in [9.17, 15) is 4.79 Å². The number of hydrogen-bond donors (Lipinski definition) is 1. The van der Waals surface area contributed by atoms with E-state index in [1.807, 2.05) is 31.2 Å². The quantitative estimate of drug-likeness (QED) is 0.602. The van der Waals surface area contributed by atoms with Crippen LogP contribution in [0.25, 0.3) is 11.5 Å². The van der Waals surface area contributed by atoms with E-state index in [2.05, 4.69) is 33.5 Å². The number of carbonyl (C=O) groups is 1. The molecule has 0 radical (unpaired) electrons. The van der Waals surface area contributed by atoms with Crippen molar-refractivity contribution in [1.82, 2.24) is 24.7 Å². The van der Waals surface area contributed by atoms with Crippen LogP contribution in [0, 0.1) is 0 Å². The molecule has 9 nitrogen and oxygen atoms in total. The summed E-state index contributed by atoms with van der Waals surface area (Å²) in [6, 6.07) is 8.25. The molecule has 3 aliphatic heterocycles. The molecule has 6 rings (SSSR count). The molecule has 0 bridgehead atoms. The van der Waals surface area contributed by atoms with Gasteiger partial charge >= 0.3 is 0 Å². The minimum atomic E-state index is -0.266. The first kappa shape index (κ1) is 22.2. The molecule has 35 heavy (non-hydrogen) atoms. The lowest BCUT2D eigenvalue weighted by atomic mass is 10.0. The third kappa shape index (κ3) is 3.52. The Balaban J connectivity index is 1.37. The second-order valence-electron chi connectivity index (χ2n) is 10.0. The zero-order valence-electron chi connectivity index (χ0n) is 20.6. The van der Waals surface area contributed by atoms with Crippen molar-refractivity contribution in [3.8, 4) is 11.5 Å². The summed E-state index contributed by atoms with van der Waals surface area (Å²) >= 11 is 0. The summed E-state index contributed by atoms with van der Waals surface area (Å²) in [6.45, 7) is 7.70. The SMILES string of the molecule is CC[C@H]1CCc2nnc(-c3cccc(N4Cc5c(cc(N6CCC[C@H]6C)nc5[C@@H](C)N)C4=O)n3)n21. The molecule has 6 heterocycles. The number of amides is 1. The van der Waals surface area contributed by atoms with Gasteiger partial charge in [0.25, 0.3) is 5.91 Å². The van der Waals surface area contributed by atoms with Gasteiger partial charge in [0, 0.05) is 36.7 Å². The van der Waals surface area contributed by atoms with Crippen molar-refractivity contribution in [2.24, 2.45) is 5.73 Å². The summed E-state index contributed by atoms with van der Waals surface area (Å²) in [5, 5.41) is 8.84. The minimum Gasteiger partial charge on any atom is -0.354 e. The molecule has 1 fully saturated rings. The number of fused-ring (bicyclic) bond motifs is 2. The van der Waals surface area contributed by atoms with Gasteiger partial charge in [-0.15, -0.1) is 10.2 Å². The van der Waals surface area contributed by atoms with Crippen molar-refractivity contribution >= 4 is 17.5 Å². The first-order valence-electron chi connectivity index (χ1n) is 12.7. The van der Waals surface area contributed by atoms with Crippen LogP contribution in [0.15, 0.2) is 24.3 Å². The zero-order valence-corrected chi connectivity index (χ0v) is 20.6. The molecule has 9 heteroatoms. The molecule has 0 saturated carbocycles. The molecule has 3 aromatic heterocycles. The monoisotopic (exact) mass is 472 g/mol. The van der Waals surface area contributed by atoms with Crippen molar-refractivity contribution in [1.29, 1.82) is 0 Å². The predicted octanol–water partition coefficient (Wildman–Crippen LogP) is 3.80. The molecule has 1 saturated heterocycles. The molecular weight excluding hydrogens is 440 g/mol. The first-order chi connectivity index (χ1) is 17.0. The number of aryl methyl sites for hydroxylation is 1. The fourth-order valence-corrected chi connectivity index (χ4v) is 5.85. The maximum atomic E-state index is 13.7. The Morgan fingerprint density at radius 3 is 2.77 bits per heavy atom. The van der Waals surface area contributed by atoms with Crippen molar-refractivity contribution in [2.45, 2.75) is 77.5 Å². The van der Waals surface area contributed by atoms with Crippen LogP contribution in [-0.4, -0.2) is 43.2 Å². The fourth-order valence-electron chi connectivity index (χ4n) is 5.85. The topological polar surface area (TPSA) is 106 Å². The van der Waals surface area contributed by atoms with Gasteiger partial charge in [0.1, 0.15) is 23.2 Å². The number of aromatic nitrogens is 5. The van der Waals surface area contributed by atoms with Gasteiger partial charge in [-0.05, 0) is 57.7 Å². The van der Waals surface area contributed by atoms with E-state index in [1.165, 1.54) is 0 Å². The summed E-state index contributed by atoms with van der Waals surface area (Å²) in [7, 11) is 0. The van der Waals surface area contributed by atoms with Gasteiger partial charge in [-0.1, -0.05) is 13.0 Å². The van der Waals surface area contributed by atoms with Crippen molar-refractivity contribution in [3.63, 3.8) is 0 Å². The van der Waals surface area contributed by atoms with Crippen LogP contribution in [0.5, 0.6) is 0 Å². The third-order valence-corrected chi connectivity index (χ3v) is 7.76. The summed E-state index contributed by atoms with van der Waals surface area (Å²) in [5.74, 6) is 3.19. The van der Waals surface area contributed by atoms with Gasteiger partial charge in [-0.3, -0.25) is 9.69 Å². The number of nitrogens with zero attached hydrogens (tertiary/aromatic N) is 7. The molecule has 0 spiro atoms. The van der Waals surface area contributed by atoms with Crippen LogP contribution < -0.4 is 15.5 Å². The second-order valence-corrected chi connectivity index (χ2v) is 10.0. The van der Waals surface area contributed by atoms with Gasteiger partial charge in [0.05, 0.1) is 17.8 Å². The van der Waals surface area contributed by atoms with Gasteiger partial charge in [-0.25, -0.2) is 9.97 Å². The minimum absolute atomic E-state index is 0.0556. The number of carbonyl (C=O) groups excluding carboxylic acids is 1. The van der Waals surface area contributed by atoms with Crippen molar-refractivity contribution in [2.75, 3.05) is 16.3 Å². The summed E-state index contributed by atoms with van der Waals surface area (Å²) in [4.78, 5) is 27.5. The maximum Gasteiger partial charge on any atom is 0.260 e. The van der Waals surface area contributed by atoms with Crippen LogP contribution in [0.2, 0.25) is 0 Å². The molecule has 182 valence electrons. The summed E-state index contributed by atoms with van der Waals surface area (Å²) in [6.07, 6.45) is 5.32. The molecule has 0 unspecified atom stereocenters. The van der Waals surface area contributed by atoms with E-state index in [1.54, 1.807) is 4.90 Å². The molecular formula is C26H32N8O. The number of pyridine rings is 2. The molecule has 0 aliphatic carbocycles. The molecule has 3 atom stereocenters. The van der Waals surface area contributed by atoms with E-state index in [0.717, 1.165) is 73.1 Å². The van der Waals surface area contributed by atoms with Crippen molar-refractivity contribution < 1.29 is 4.79 Å². The Labute approximate surface area is 205 Å². The molecule has 1 amide bonds. The van der Waals surface area contributed by atoms with Crippen molar-refractivity contribution in [3.05, 3.63) is 46.9 Å². The standard InChI is InChI=1S/C26H32N8O/c1-4-17-10-11-22-30-31-25(34(17)22)20-8-5-9-21(28-20)33-14-19-18(26(33)35)13-23(29-24(19)16(3)27)32-12-6-7-15(32)2/h5,8-9,13,15-17H,4,6-7,10-12,14,27H2,1-3H3/t15-,16-,17+/m1/s1. The lowest BCUT2D eigenvalue weighted by Crippen LogP contribution is -2.28. The maximum absolute atomic E-state index is 13.7. The van der Waals surface area contributed by atoms with E-state index >= 15 is 0 Å². The molecule has 3 aliphatic rings. The van der Waals surface area contributed by atoms with Crippen LogP contribution in [0.4, 0.5) is 11.6 Å². The largest absolute Gasteiger partial charge is 0.354 e. The Hall–Kier alpha value is -3.33. The molecule has 2 N–H and O–H groups in total. The van der Waals surface area contributed by atoms with E-state index in [4.69, 9.17) is 15.7 Å². The Morgan fingerprint density at radius 2 is 2.03 bits per heavy atom. The molecule has 0 aromatic carbocycles. The summed E-state index contributed by atoms with van der Waals surface area (Å²) < 4.78 is 2.22. The van der Waals surface area contributed by atoms with Gasteiger partial charge in [0.2, 0.25) is 0 Å². The highest BCUT2D eigenvalue weighted by Crippen LogP contribution is 2.36. The number of rotatable bonds is 5. The second kappa shape index (κ2) is 8.41. The van der Waals surface area contributed by atoms with Gasteiger partial charge in [0.15, 0.2) is 5.82 Å². The fraction of sp³-hybridized carbons (Fsp3) is 0.500. The predicted molar refractivity (Wildman–Crippen MR) is 134 cm³/mol. The van der Waals surface area contributed by atoms with E-state index in [0.29, 0.717) is 30.0 Å². The van der Waals surface area contributed by atoms with E-state index < -0.39 is 0 Å². The smallest absolute Gasteiger partial charge is 0.260 e. The van der Waals surface area contributed by atoms with Gasteiger partial charge < -0.3 is 15.2 Å². The number of anilines is 2. The van der Waals surface area contributed by atoms with Crippen LogP contribution in [0.1, 0.15) is 86.0 Å². The molecule has 3 aromatic rings. The van der Waals surface area contributed by atoms with E-state index in [-0.39, 0.29) is 11.9 Å². The average molecular weight is 473 g/mol. The average Bonchev–Trinajstić information content (AvgIpc) is 3.63. The van der Waals surface area contributed by atoms with Crippen LogP contribution in [0.3, 0.4) is 0 Å². The lowest BCUT2D eigenvalue weighted by Gasteiger charge is -2.24. The number of hydrogen-bond acceptors (Lipinski definition) is 7. The normalized spacial score (nSPS) is 22.1. The van der Waals surface area contributed by atoms with Crippen LogP contribution in [-0.2, 0) is 13.0 Å². The highest BCUT2D eigenvalue weighted by atomic mass is 16.2. The zero-order chi connectivity index (χ0) is 24.3. The third-order valence-electron chi connectivity index (χ3n) is 7.76. The highest BCUT2D eigenvalue weighted by molar-refractivity contribution is 6.10. The van der Waals surface area contributed by atoms with Gasteiger partial charge in [-0.2, -0.15) is 0 Å².